The summed E-state index contributed by atoms with van der Waals surface area (Å²) in [4.78, 5) is 9.00. The summed E-state index contributed by atoms with van der Waals surface area (Å²) in [7, 11) is 0. The summed E-state index contributed by atoms with van der Waals surface area (Å²) in [5, 5.41) is 7.42. The zero-order valence-electron chi connectivity index (χ0n) is 5.73. The van der Waals surface area contributed by atoms with Crippen molar-refractivity contribution in [3.05, 3.63) is 0 Å². The first-order valence-electron chi connectivity index (χ1n) is 1.44. The Morgan fingerprint density at radius 1 is 1.45 bits per heavy atom. The zero-order chi connectivity index (χ0) is 7.15. The van der Waals surface area contributed by atoms with Gasteiger partial charge in [-0.25, -0.2) is 0 Å². The molecule has 7 nitrogen and oxygen atoms in total. The molecule has 0 aromatic carbocycles. The molecule has 0 bridgehead atoms. The van der Waals surface area contributed by atoms with Crippen LogP contribution < -0.4 is 4.19 Å². The van der Waals surface area contributed by atoms with Crippen molar-refractivity contribution in [2.75, 3.05) is 0 Å². The molecule has 0 heterocycles. The molecule has 1 atom stereocenters. The molecule has 1 unspecified atom stereocenters. The molecule has 0 fully saturated rings. The van der Waals surface area contributed by atoms with E-state index in [0.717, 1.165) is 6.92 Å². The molecule has 0 radical (unpaired) electrons. The van der Waals surface area contributed by atoms with Crippen LogP contribution in [0.2, 0.25) is 0 Å². The third-order valence-corrected chi connectivity index (χ3v) is 0. The van der Waals surface area contributed by atoms with E-state index in [1.54, 1.807) is 0 Å². The van der Waals surface area contributed by atoms with Gasteiger partial charge in [0.25, 0.3) is 5.97 Å². The second-order valence-electron chi connectivity index (χ2n) is 0.736. The maximum absolute atomic E-state index is 9.00. The van der Waals surface area contributed by atoms with E-state index in [0.29, 0.717) is 0 Å². The fourth-order valence-corrected chi connectivity index (χ4v) is 0. The van der Waals surface area contributed by atoms with Crippen LogP contribution in [0.5, 0.6) is 0 Å². The number of hydrogen-bond donors (Lipinski definition) is 2. The van der Waals surface area contributed by atoms with Crippen molar-refractivity contribution in [3.8, 4) is 0 Å². The summed E-state index contributed by atoms with van der Waals surface area (Å²) in [5.74, 6) is -0.833. The number of aliphatic carboxylic acids is 1. The van der Waals surface area contributed by atoms with Gasteiger partial charge in [0, 0.05) is 26.4 Å². The molecule has 6 N–H and O–H groups in total. The Balaban J connectivity index is -0.0000000171. The fraction of sp³-hybridized carbons (Fsp3) is 0.500. The Kier molecular flexibility index (Phi) is 61.8. The summed E-state index contributed by atoms with van der Waals surface area (Å²) in [6, 6.07) is 0. The third-order valence-electron chi connectivity index (χ3n) is 0. The van der Waals surface area contributed by atoms with Gasteiger partial charge in [-0.05, 0) is 0 Å². The number of rotatable bonds is 0. The molecule has 0 aliphatic rings. The number of carboxylic acid groups (broad SMARTS) is 1. The molecule has 0 aromatic rings. The smallest absolute Gasteiger partial charge is 0 e. The Hall–Kier alpha value is 0.253. The first-order chi connectivity index (χ1) is 3.46. The molecular weight excluding hydrogens is 280 g/mol. The predicted octanol–water partition coefficient (Wildman–Crippen LogP) is -3.81. The maximum Gasteiger partial charge on any atom is 0 e. The van der Waals surface area contributed by atoms with Gasteiger partial charge in [-0.2, -0.15) is 0 Å². The molecule has 9 heteroatoms. The van der Waals surface area contributed by atoms with Crippen LogP contribution in [0.4, 0.5) is 0 Å². The van der Waals surface area contributed by atoms with Crippen molar-refractivity contribution in [3.63, 3.8) is 0 Å². The molecule has 0 aliphatic carbocycles. The molecule has 0 amide bonds. The molecule has 0 spiro atoms. The zero-order valence-corrected chi connectivity index (χ0v) is 10.4. The molecule has 0 rings (SSSR count). The van der Waals surface area contributed by atoms with Crippen LogP contribution in [0, 0.1) is 0 Å². The summed E-state index contributed by atoms with van der Waals surface area (Å²) < 4.78 is 24.4. The second-order valence-corrected chi connectivity index (χ2v) is 1.65. The number of carbonyl (C=O) groups is 1. The van der Waals surface area contributed by atoms with E-state index in [1.165, 1.54) is 0 Å². The van der Waals surface area contributed by atoms with E-state index >= 15 is 0 Å². The molecule has 0 saturated heterocycles. The Bertz CT molecular complexity index is 74.4. The van der Waals surface area contributed by atoms with E-state index in [4.69, 9.17) is 22.1 Å². The molecular formula is C2H9O7SeZn-. The Morgan fingerprint density at radius 2 is 1.45 bits per heavy atom. The topological polar surface area (TPSA) is 161 Å². The first kappa shape index (κ1) is 30.3. The number of hydrogen-bond acceptors (Lipinski definition) is 3. The normalized spacial score (nSPS) is 7.91. The molecule has 11 heavy (non-hydrogen) atoms. The van der Waals surface area contributed by atoms with Crippen molar-refractivity contribution in [2.24, 2.45) is 0 Å². The SMILES string of the molecule is CC(=O)O.O.O.O=[Se]([O-])O.[Zn]. The van der Waals surface area contributed by atoms with Gasteiger partial charge in [0.2, 0.25) is 0 Å². The van der Waals surface area contributed by atoms with Crippen molar-refractivity contribution in [1.29, 1.82) is 0 Å². The van der Waals surface area contributed by atoms with Gasteiger partial charge in [0.15, 0.2) is 0 Å². The van der Waals surface area contributed by atoms with Crippen molar-refractivity contribution >= 4 is 20.5 Å². The van der Waals surface area contributed by atoms with Crippen molar-refractivity contribution in [1.82, 2.24) is 0 Å². The molecule has 68 valence electrons. The molecule has 0 saturated carbocycles. The van der Waals surface area contributed by atoms with Crippen LogP contribution in [0.15, 0.2) is 0 Å². The van der Waals surface area contributed by atoms with E-state index in [9.17, 15) is 0 Å². The average molecular weight is 289 g/mol. The molecule has 0 aromatic heterocycles. The van der Waals surface area contributed by atoms with Crippen molar-refractivity contribution in [2.45, 2.75) is 6.92 Å². The summed E-state index contributed by atoms with van der Waals surface area (Å²) >= 11 is -3.54. The summed E-state index contributed by atoms with van der Waals surface area (Å²) in [6.07, 6.45) is 0. The minimum Gasteiger partial charge on any atom is 0 e. The summed E-state index contributed by atoms with van der Waals surface area (Å²) in [6.45, 7) is 1.08. The predicted molar refractivity (Wildman–Crippen MR) is 29.2 cm³/mol. The van der Waals surface area contributed by atoms with Gasteiger partial charge in [-0.3, -0.25) is 4.79 Å². The van der Waals surface area contributed by atoms with Crippen LogP contribution in [-0.4, -0.2) is 40.7 Å². The van der Waals surface area contributed by atoms with Crippen LogP contribution in [0.1, 0.15) is 6.92 Å². The van der Waals surface area contributed by atoms with Crippen LogP contribution >= 0.6 is 0 Å². The second kappa shape index (κ2) is 22.5. The van der Waals surface area contributed by atoms with Crippen LogP contribution in [-0.2, 0) is 28.1 Å². The Morgan fingerprint density at radius 3 is 1.45 bits per heavy atom. The standard InChI is InChI=1S/C2H4O2.H2O3Se.2H2O.Zn/c1-2(3)4;1-4(2)3;;;/h1H3,(H,3,4);(H2,1,2,3);2*1H2;/p-1. The average Bonchev–Trinajstić information content (AvgIpc) is 1.25. The largest absolute Gasteiger partial charge is 0 e. The van der Waals surface area contributed by atoms with E-state index < -0.39 is 20.5 Å². The van der Waals surface area contributed by atoms with Gasteiger partial charge < -0.3 is 16.1 Å². The number of carboxylic acids is 1. The van der Waals surface area contributed by atoms with E-state index in [-0.39, 0.29) is 30.4 Å². The van der Waals surface area contributed by atoms with E-state index in [2.05, 4.69) is 0 Å². The minimum atomic E-state index is -3.54. The maximum atomic E-state index is 9.00. The van der Waals surface area contributed by atoms with E-state index in [1.807, 2.05) is 0 Å². The molecule has 0 aliphatic heterocycles. The first-order valence-corrected chi connectivity index (χ1v) is 3.61. The van der Waals surface area contributed by atoms with Gasteiger partial charge in [-0.15, -0.1) is 0 Å². The van der Waals surface area contributed by atoms with Gasteiger partial charge in [0.1, 0.15) is 0 Å². The van der Waals surface area contributed by atoms with Gasteiger partial charge in [-0.1, -0.05) is 0 Å². The van der Waals surface area contributed by atoms with Crippen molar-refractivity contribution < 1.29 is 52.5 Å². The monoisotopic (exact) mass is 289 g/mol. The van der Waals surface area contributed by atoms with Crippen LogP contribution in [0.25, 0.3) is 0 Å². The summed E-state index contributed by atoms with van der Waals surface area (Å²) in [5.41, 5.74) is 0. The minimum absolute atomic E-state index is 0. The Labute approximate surface area is 80.2 Å². The quantitative estimate of drug-likeness (QED) is 0.436. The fourth-order valence-electron chi connectivity index (χ4n) is 0. The van der Waals surface area contributed by atoms with Gasteiger partial charge in [0.05, 0.1) is 0 Å². The third kappa shape index (κ3) is 10900. The van der Waals surface area contributed by atoms with Crippen LogP contribution in [0.3, 0.4) is 0 Å². The van der Waals surface area contributed by atoms with Gasteiger partial charge >= 0.3 is 26.7 Å².